The van der Waals surface area contributed by atoms with Crippen molar-refractivity contribution < 1.29 is 28.6 Å². The first-order chi connectivity index (χ1) is 29.0. The number of ether oxygens (including phenoxy) is 3. The first kappa shape index (κ1) is 55.3. The molecule has 0 aromatic carbocycles. The Morgan fingerprint density at radius 3 is 1.15 bits per heavy atom. The number of unbranched alkanes of at least 4 members (excludes halogenated alkanes) is 15. The minimum atomic E-state index is -0.840. The fourth-order valence-corrected chi connectivity index (χ4v) is 6.14. The lowest BCUT2D eigenvalue weighted by molar-refractivity contribution is -0.166. The maximum Gasteiger partial charge on any atom is 0.309 e. The molecule has 59 heavy (non-hydrogen) atoms. The first-order valence-electron chi connectivity index (χ1n) is 23.7. The maximum absolute atomic E-state index is 12.7. The molecule has 0 rings (SSSR count). The monoisotopic (exact) mass is 819 g/mol. The topological polar surface area (TPSA) is 78.9 Å². The van der Waals surface area contributed by atoms with Crippen LogP contribution in [0.1, 0.15) is 201 Å². The van der Waals surface area contributed by atoms with Crippen LogP contribution in [0, 0.1) is 0 Å². The van der Waals surface area contributed by atoms with Gasteiger partial charge in [0.1, 0.15) is 13.2 Å². The van der Waals surface area contributed by atoms with Crippen molar-refractivity contribution in [2.24, 2.45) is 0 Å². The third kappa shape index (κ3) is 45.3. The molecular weight excluding hydrogens is 733 g/mol. The summed E-state index contributed by atoms with van der Waals surface area (Å²) in [6, 6.07) is 0. The Hall–Kier alpha value is -3.67. The Morgan fingerprint density at radius 1 is 0.373 bits per heavy atom. The van der Waals surface area contributed by atoms with Crippen molar-refractivity contribution in [1.29, 1.82) is 0 Å². The van der Waals surface area contributed by atoms with Crippen molar-refractivity contribution in [1.82, 2.24) is 0 Å². The van der Waals surface area contributed by atoms with E-state index in [1.807, 2.05) is 18.2 Å². The van der Waals surface area contributed by atoms with E-state index >= 15 is 0 Å². The molecule has 6 nitrogen and oxygen atoms in total. The predicted octanol–water partition coefficient (Wildman–Crippen LogP) is 15.4. The fourth-order valence-electron chi connectivity index (χ4n) is 6.14. The van der Waals surface area contributed by atoms with Crippen molar-refractivity contribution in [2.75, 3.05) is 13.2 Å². The van der Waals surface area contributed by atoms with Crippen molar-refractivity contribution >= 4 is 17.9 Å². The van der Waals surface area contributed by atoms with Crippen molar-refractivity contribution in [2.45, 2.75) is 207 Å². The Morgan fingerprint density at radius 2 is 0.729 bits per heavy atom. The minimum Gasteiger partial charge on any atom is -0.462 e. The van der Waals surface area contributed by atoms with Gasteiger partial charge in [-0.15, -0.1) is 0 Å². The minimum absolute atomic E-state index is 0.122. The van der Waals surface area contributed by atoms with Crippen LogP contribution < -0.4 is 0 Å². The number of hydrogen-bond acceptors (Lipinski definition) is 6. The molecule has 0 saturated carbocycles. The highest BCUT2D eigenvalue weighted by molar-refractivity contribution is 5.72. The number of allylic oxidation sites excluding steroid dienone is 15. The summed E-state index contributed by atoms with van der Waals surface area (Å²) in [5, 5.41) is 0. The Balaban J connectivity index is 4.50. The highest BCUT2D eigenvalue weighted by Crippen LogP contribution is 2.15. The smallest absolute Gasteiger partial charge is 0.309 e. The van der Waals surface area contributed by atoms with Crippen LogP contribution in [0.5, 0.6) is 0 Å². The molecule has 1 unspecified atom stereocenters. The lowest BCUT2D eigenvalue weighted by atomic mass is 10.0. The van der Waals surface area contributed by atoms with Gasteiger partial charge < -0.3 is 14.2 Å². The van der Waals surface area contributed by atoms with Crippen LogP contribution in [-0.2, 0) is 28.6 Å². The third-order valence-electron chi connectivity index (χ3n) is 9.63. The quantitative estimate of drug-likeness (QED) is 0.0265. The standard InChI is InChI=1S/C53H86O6/c1-4-7-10-13-16-19-21-23-25-27-29-31-34-37-40-43-46-52(55)58-49-50(48-57-51(54)45-42-39-36-33-18-15-12-9-6-3)59-53(56)47-44-41-38-35-32-30-28-26-24-22-20-17-14-11-8-5-2/h7,9-10,12,16,18-19,23,25,29,31,33,37,39-40,42,50H,4-6,8,11,13-15,17,20-22,24,26-28,30,32,34-36,38,41,43-49H2,1-3H3/b10-7-,12-9-,19-16-,25-23-,31-29-,33-18-,40-37-,42-39-. The van der Waals surface area contributed by atoms with Gasteiger partial charge in [0.2, 0.25) is 0 Å². The predicted molar refractivity (Wildman–Crippen MR) is 251 cm³/mol. The van der Waals surface area contributed by atoms with Crippen LogP contribution in [0.15, 0.2) is 97.2 Å². The molecule has 0 saturated heterocycles. The van der Waals surface area contributed by atoms with Gasteiger partial charge in [0, 0.05) is 12.8 Å². The molecule has 0 heterocycles. The molecule has 0 radical (unpaired) electrons. The van der Waals surface area contributed by atoms with Gasteiger partial charge in [-0.3, -0.25) is 14.4 Å². The number of carbonyl (C=O) groups is 3. The van der Waals surface area contributed by atoms with E-state index in [0.717, 1.165) is 70.6 Å². The molecule has 0 aromatic rings. The summed E-state index contributed by atoms with van der Waals surface area (Å²) in [5.74, 6) is -1.15. The molecule has 0 fully saturated rings. The Bertz CT molecular complexity index is 1220. The molecule has 0 aliphatic rings. The molecule has 6 heteroatoms. The molecule has 0 bridgehead atoms. The van der Waals surface area contributed by atoms with Crippen LogP contribution in [0.3, 0.4) is 0 Å². The molecule has 0 amide bonds. The summed E-state index contributed by atoms with van der Waals surface area (Å²) < 4.78 is 16.5. The van der Waals surface area contributed by atoms with E-state index in [-0.39, 0.29) is 38.0 Å². The molecule has 1 atom stereocenters. The van der Waals surface area contributed by atoms with Crippen LogP contribution >= 0.6 is 0 Å². The van der Waals surface area contributed by atoms with Crippen molar-refractivity contribution in [3.63, 3.8) is 0 Å². The molecule has 0 aliphatic carbocycles. The SMILES string of the molecule is CC/C=C\C/C=C\C/C=C\C/C=C\C/C=C\CCC(=O)OCC(COC(=O)C/C=C\C/C=C\C/C=C\CC)OC(=O)CCCCCCCCCCCCCCCCCC. The zero-order valence-corrected chi connectivity index (χ0v) is 38.0. The maximum atomic E-state index is 12.7. The highest BCUT2D eigenvalue weighted by Gasteiger charge is 2.19. The van der Waals surface area contributed by atoms with E-state index < -0.39 is 12.1 Å². The van der Waals surface area contributed by atoms with Crippen LogP contribution in [-0.4, -0.2) is 37.2 Å². The summed E-state index contributed by atoms with van der Waals surface area (Å²) in [7, 11) is 0. The second-order valence-corrected chi connectivity index (χ2v) is 15.3. The van der Waals surface area contributed by atoms with E-state index in [0.29, 0.717) is 12.8 Å². The molecule has 0 aromatic heterocycles. The lowest BCUT2D eigenvalue weighted by Gasteiger charge is -2.18. The molecule has 0 N–H and O–H groups in total. The fraction of sp³-hybridized carbons (Fsp3) is 0.642. The van der Waals surface area contributed by atoms with Crippen molar-refractivity contribution in [3.05, 3.63) is 97.2 Å². The molecule has 0 aliphatic heterocycles. The number of hydrogen-bond donors (Lipinski definition) is 0. The van der Waals surface area contributed by atoms with Crippen molar-refractivity contribution in [3.8, 4) is 0 Å². The van der Waals surface area contributed by atoms with Gasteiger partial charge in [-0.2, -0.15) is 0 Å². The highest BCUT2D eigenvalue weighted by atomic mass is 16.6. The second-order valence-electron chi connectivity index (χ2n) is 15.3. The second kappa shape index (κ2) is 47.0. The van der Waals surface area contributed by atoms with Crippen LogP contribution in [0.25, 0.3) is 0 Å². The molecule has 334 valence electrons. The summed E-state index contributed by atoms with van der Waals surface area (Å²) >= 11 is 0. The number of rotatable bonds is 41. The van der Waals surface area contributed by atoms with E-state index in [1.54, 1.807) is 6.08 Å². The summed E-state index contributed by atoms with van der Waals surface area (Å²) in [4.78, 5) is 37.7. The van der Waals surface area contributed by atoms with Gasteiger partial charge in [0.15, 0.2) is 6.10 Å². The van der Waals surface area contributed by atoms with Gasteiger partial charge in [-0.1, -0.05) is 214 Å². The largest absolute Gasteiger partial charge is 0.462 e. The Labute approximate surface area is 362 Å². The van der Waals surface area contributed by atoms with Crippen LogP contribution in [0.2, 0.25) is 0 Å². The van der Waals surface area contributed by atoms with Crippen LogP contribution in [0.4, 0.5) is 0 Å². The van der Waals surface area contributed by atoms with Gasteiger partial charge in [0.05, 0.1) is 6.42 Å². The van der Waals surface area contributed by atoms with Gasteiger partial charge in [0.25, 0.3) is 0 Å². The first-order valence-corrected chi connectivity index (χ1v) is 23.7. The van der Waals surface area contributed by atoms with E-state index in [4.69, 9.17) is 14.2 Å². The van der Waals surface area contributed by atoms with Gasteiger partial charge >= 0.3 is 17.9 Å². The van der Waals surface area contributed by atoms with E-state index in [1.165, 1.54) is 83.5 Å². The zero-order valence-electron chi connectivity index (χ0n) is 38.0. The third-order valence-corrected chi connectivity index (χ3v) is 9.63. The molecular formula is C53H86O6. The Kier molecular flexibility index (Phi) is 44.1. The van der Waals surface area contributed by atoms with E-state index in [2.05, 4.69) is 93.7 Å². The average Bonchev–Trinajstić information content (AvgIpc) is 3.23. The number of esters is 3. The average molecular weight is 819 g/mol. The zero-order chi connectivity index (χ0) is 43.0. The lowest BCUT2D eigenvalue weighted by Crippen LogP contribution is -2.30. The van der Waals surface area contributed by atoms with E-state index in [9.17, 15) is 14.4 Å². The van der Waals surface area contributed by atoms with Gasteiger partial charge in [-0.25, -0.2) is 0 Å². The normalized spacial score (nSPS) is 12.9. The summed E-state index contributed by atoms with van der Waals surface area (Å²) in [6.07, 6.45) is 61.6. The number of carbonyl (C=O) groups excluding carboxylic acids is 3. The summed E-state index contributed by atoms with van der Waals surface area (Å²) in [6.45, 7) is 6.23. The summed E-state index contributed by atoms with van der Waals surface area (Å²) in [5.41, 5.74) is 0. The molecule has 0 spiro atoms. The van der Waals surface area contributed by atoms with Gasteiger partial charge in [-0.05, 0) is 64.2 Å².